The van der Waals surface area contributed by atoms with E-state index in [1.807, 2.05) is 12.1 Å². The molecule has 5 heteroatoms. The van der Waals surface area contributed by atoms with Crippen molar-refractivity contribution in [1.82, 2.24) is 4.98 Å². The summed E-state index contributed by atoms with van der Waals surface area (Å²) in [6, 6.07) is 5.54. The third kappa shape index (κ3) is 4.97. The molecule has 0 fully saturated rings. The summed E-state index contributed by atoms with van der Waals surface area (Å²) in [4.78, 5) is 4.23. The van der Waals surface area contributed by atoms with E-state index in [4.69, 9.17) is 15.6 Å². The smallest absolute Gasteiger partial charge is 0.213 e. The van der Waals surface area contributed by atoms with Crippen LogP contribution in [-0.2, 0) is 6.42 Å². The SMILES string of the molecule is COc1cccc(C[C@@H](N)CCO)n1.Cl. The van der Waals surface area contributed by atoms with E-state index in [0.29, 0.717) is 18.7 Å². The second-order valence-electron chi connectivity index (χ2n) is 3.15. The summed E-state index contributed by atoms with van der Waals surface area (Å²) in [6.07, 6.45) is 1.26. The van der Waals surface area contributed by atoms with Crippen molar-refractivity contribution in [3.8, 4) is 5.88 Å². The van der Waals surface area contributed by atoms with Gasteiger partial charge in [-0.05, 0) is 12.5 Å². The van der Waals surface area contributed by atoms with E-state index in [0.717, 1.165) is 5.69 Å². The fraction of sp³-hybridized carbons (Fsp3) is 0.500. The van der Waals surface area contributed by atoms with Crippen LogP contribution in [0.15, 0.2) is 18.2 Å². The number of hydrogen-bond donors (Lipinski definition) is 2. The van der Waals surface area contributed by atoms with Crippen LogP contribution in [0, 0.1) is 0 Å². The summed E-state index contributed by atoms with van der Waals surface area (Å²) >= 11 is 0. The first kappa shape index (κ1) is 14.2. The molecule has 0 bridgehead atoms. The van der Waals surface area contributed by atoms with Gasteiger partial charge in [-0.2, -0.15) is 0 Å². The molecule has 0 aliphatic carbocycles. The van der Waals surface area contributed by atoms with Gasteiger partial charge >= 0.3 is 0 Å². The third-order valence-electron chi connectivity index (χ3n) is 1.96. The van der Waals surface area contributed by atoms with Crippen LogP contribution < -0.4 is 10.5 Å². The van der Waals surface area contributed by atoms with Gasteiger partial charge in [0.1, 0.15) is 0 Å². The van der Waals surface area contributed by atoms with Crippen LogP contribution in [0.1, 0.15) is 12.1 Å². The zero-order valence-electron chi connectivity index (χ0n) is 8.72. The van der Waals surface area contributed by atoms with Gasteiger partial charge < -0.3 is 15.6 Å². The average Bonchev–Trinajstić information content (AvgIpc) is 2.18. The zero-order valence-corrected chi connectivity index (χ0v) is 9.54. The first-order valence-electron chi connectivity index (χ1n) is 4.62. The Morgan fingerprint density at radius 3 is 2.87 bits per heavy atom. The maximum Gasteiger partial charge on any atom is 0.213 e. The highest BCUT2D eigenvalue weighted by Crippen LogP contribution is 2.08. The molecule has 4 nitrogen and oxygen atoms in total. The molecule has 1 aromatic heterocycles. The number of nitrogens with two attached hydrogens (primary N) is 1. The minimum absolute atomic E-state index is 0. The lowest BCUT2D eigenvalue weighted by Crippen LogP contribution is -2.24. The molecular formula is C10H17ClN2O2. The van der Waals surface area contributed by atoms with Gasteiger partial charge in [0.2, 0.25) is 5.88 Å². The molecule has 0 aliphatic heterocycles. The van der Waals surface area contributed by atoms with Crippen molar-refractivity contribution in [2.24, 2.45) is 5.73 Å². The van der Waals surface area contributed by atoms with Gasteiger partial charge in [-0.25, -0.2) is 4.98 Å². The monoisotopic (exact) mass is 232 g/mol. The second kappa shape index (κ2) is 7.45. The number of aromatic nitrogens is 1. The van der Waals surface area contributed by atoms with Crippen LogP contribution in [0.25, 0.3) is 0 Å². The molecule has 0 unspecified atom stereocenters. The first-order valence-corrected chi connectivity index (χ1v) is 4.62. The number of nitrogens with zero attached hydrogens (tertiary/aromatic N) is 1. The summed E-state index contributed by atoms with van der Waals surface area (Å²) < 4.78 is 5.00. The van der Waals surface area contributed by atoms with Crippen molar-refractivity contribution >= 4 is 12.4 Å². The predicted molar refractivity (Wildman–Crippen MR) is 61.4 cm³/mol. The number of hydrogen-bond acceptors (Lipinski definition) is 4. The zero-order chi connectivity index (χ0) is 10.4. The van der Waals surface area contributed by atoms with Crippen molar-refractivity contribution in [1.29, 1.82) is 0 Å². The lowest BCUT2D eigenvalue weighted by atomic mass is 10.1. The fourth-order valence-corrected chi connectivity index (χ4v) is 1.22. The lowest BCUT2D eigenvalue weighted by Gasteiger charge is -2.09. The Kier molecular flexibility index (Phi) is 7.03. The Hall–Kier alpha value is -0.840. The summed E-state index contributed by atoms with van der Waals surface area (Å²) in [5.41, 5.74) is 6.66. The molecule has 86 valence electrons. The molecule has 0 spiro atoms. The maximum atomic E-state index is 8.69. The molecule has 0 saturated carbocycles. The molecule has 0 aromatic carbocycles. The van der Waals surface area contributed by atoms with Crippen LogP contribution >= 0.6 is 12.4 Å². The number of aliphatic hydroxyl groups excluding tert-OH is 1. The largest absolute Gasteiger partial charge is 0.481 e. The highest BCUT2D eigenvalue weighted by Gasteiger charge is 2.05. The maximum absolute atomic E-state index is 8.69. The van der Waals surface area contributed by atoms with Gasteiger partial charge in [-0.15, -0.1) is 12.4 Å². The van der Waals surface area contributed by atoms with E-state index in [2.05, 4.69) is 4.98 Å². The Bertz CT molecular complexity index is 284. The van der Waals surface area contributed by atoms with Crippen molar-refractivity contribution in [3.63, 3.8) is 0 Å². The van der Waals surface area contributed by atoms with E-state index >= 15 is 0 Å². The highest BCUT2D eigenvalue weighted by atomic mass is 35.5. The van der Waals surface area contributed by atoms with E-state index in [1.54, 1.807) is 13.2 Å². The van der Waals surface area contributed by atoms with Crippen molar-refractivity contribution in [2.75, 3.05) is 13.7 Å². The number of aliphatic hydroxyl groups is 1. The molecule has 1 aromatic rings. The van der Waals surface area contributed by atoms with E-state index in [1.165, 1.54) is 0 Å². The van der Waals surface area contributed by atoms with Crippen LogP contribution in [0.2, 0.25) is 0 Å². The average molecular weight is 233 g/mol. The molecule has 15 heavy (non-hydrogen) atoms. The molecule has 3 N–H and O–H groups in total. The summed E-state index contributed by atoms with van der Waals surface area (Å²) in [6.45, 7) is 0.116. The number of halogens is 1. The molecule has 0 aliphatic rings. The van der Waals surface area contributed by atoms with Crippen LogP contribution in [-0.4, -0.2) is 29.8 Å². The topological polar surface area (TPSA) is 68.4 Å². The minimum Gasteiger partial charge on any atom is -0.481 e. The van der Waals surface area contributed by atoms with Crippen LogP contribution in [0.3, 0.4) is 0 Å². The molecule has 0 amide bonds. The standard InChI is InChI=1S/C10H16N2O2.ClH/c1-14-10-4-2-3-9(12-10)7-8(11)5-6-13;/h2-4,8,13H,5-7,11H2,1H3;1H/t8-;/m0./s1. The van der Waals surface area contributed by atoms with Crippen molar-refractivity contribution < 1.29 is 9.84 Å². The normalized spacial score (nSPS) is 11.7. The Morgan fingerprint density at radius 2 is 2.27 bits per heavy atom. The Morgan fingerprint density at radius 1 is 1.53 bits per heavy atom. The van der Waals surface area contributed by atoms with Gasteiger partial charge in [0, 0.05) is 30.8 Å². The molecule has 1 atom stereocenters. The van der Waals surface area contributed by atoms with Gasteiger partial charge in [0.25, 0.3) is 0 Å². The van der Waals surface area contributed by atoms with Gasteiger partial charge in [-0.1, -0.05) is 6.07 Å². The van der Waals surface area contributed by atoms with Gasteiger partial charge in [-0.3, -0.25) is 0 Å². The first-order chi connectivity index (χ1) is 6.76. The molecule has 0 saturated heterocycles. The molecule has 1 rings (SSSR count). The second-order valence-corrected chi connectivity index (χ2v) is 3.15. The highest BCUT2D eigenvalue weighted by molar-refractivity contribution is 5.85. The third-order valence-corrected chi connectivity index (χ3v) is 1.96. The molecular weight excluding hydrogens is 216 g/mol. The lowest BCUT2D eigenvalue weighted by molar-refractivity contribution is 0.275. The van der Waals surface area contributed by atoms with E-state index in [-0.39, 0.29) is 25.1 Å². The van der Waals surface area contributed by atoms with E-state index < -0.39 is 0 Å². The number of methoxy groups -OCH3 is 1. The van der Waals surface area contributed by atoms with Crippen LogP contribution in [0.4, 0.5) is 0 Å². The Labute approximate surface area is 95.9 Å². The number of pyridine rings is 1. The molecule has 1 heterocycles. The summed E-state index contributed by atoms with van der Waals surface area (Å²) in [5, 5.41) is 8.69. The quantitative estimate of drug-likeness (QED) is 0.787. The van der Waals surface area contributed by atoms with Gasteiger partial charge in [0.05, 0.1) is 7.11 Å². The Balaban J connectivity index is 0.00000196. The van der Waals surface area contributed by atoms with Crippen molar-refractivity contribution in [3.05, 3.63) is 23.9 Å². The number of ether oxygens (including phenoxy) is 1. The van der Waals surface area contributed by atoms with E-state index in [9.17, 15) is 0 Å². The fourth-order valence-electron chi connectivity index (χ4n) is 1.22. The van der Waals surface area contributed by atoms with Crippen LogP contribution in [0.5, 0.6) is 5.88 Å². The summed E-state index contributed by atoms with van der Waals surface area (Å²) in [5.74, 6) is 0.596. The predicted octanol–water partition coefficient (Wildman–Crippen LogP) is 0.764. The number of rotatable bonds is 5. The minimum atomic E-state index is -0.0420. The van der Waals surface area contributed by atoms with Crippen molar-refractivity contribution in [2.45, 2.75) is 18.9 Å². The van der Waals surface area contributed by atoms with Gasteiger partial charge in [0.15, 0.2) is 0 Å². The summed E-state index contributed by atoms with van der Waals surface area (Å²) in [7, 11) is 1.58. The molecule has 0 radical (unpaired) electrons.